The van der Waals surface area contributed by atoms with E-state index in [1.807, 2.05) is 13.0 Å². The van der Waals surface area contributed by atoms with Gasteiger partial charge in [0.15, 0.2) is 9.84 Å². The van der Waals surface area contributed by atoms with Crippen molar-refractivity contribution in [3.05, 3.63) is 29.8 Å². The molecule has 0 radical (unpaired) electrons. The predicted molar refractivity (Wildman–Crippen MR) is 88.7 cm³/mol. The van der Waals surface area contributed by atoms with Gasteiger partial charge in [-0.25, -0.2) is 8.42 Å². The number of anilines is 1. The van der Waals surface area contributed by atoms with Gasteiger partial charge in [-0.05, 0) is 31.5 Å². The van der Waals surface area contributed by atoms with E-state index in [0.717, 1.165) is 5.69 Å². The third-order valence-electron chi connectivity index (χ3n) is 3.97. The molecule has 1 heterocycles. The maximum absolute atomic E-state index is 12.3. The Balaban J connectivity index is 1.87. The quantitative estimate of drug-likeness (QED) is 0.848. The van der Waals surface area contributed by atoms with Crippen LogP contribution >= 0.6 is 0 Å². The largest absolute Gasteiger partial charge is 0.384 e. The Labute approximate surface area is 137 Å². The molecule has 1 atom stereocenters. The molecule has 1 fully saturated rings. The number of nitriles is 1. The van der Waals surface area contributed by atoms with Crippen LogP contribution in [0.25, 0.3) is 0 Å². The second kappa shape index (κ2) is 7.47. The molecule has 1 aliphatic rings. The molecular formula is C16H21N3O3S. The Morgan fingerprint density at radius 1 is 1.48 bits per heavy atom. The van der Waals surface area contributed by atoms with Crippen molar-refractivity contribution in [3.8, 4) is 6.07 Å². The number of amides is 1. The topological polar surface area (TPSA) is 90.3 Å². The molecule has 1 aromatic carbocycles. The summed E-state index contributed by atoms with van der Waals surface area (Å²) in [6, 6.07) is 8.94. The third kappa shape index (κ3) is 4.70. The molecule has 7 heteroatoms. The summed E-state index contributed by atoms with van der Waals surface area (Å²) in [5.74, 6) is 0.198. The SMILES string of the molecule is CCN(C(=O)CCNc1cccc(C#N)c1)C1CCS(=O)(=O)C1. The lowest BCUT2D eigenvalue weighted by Gasteiger charge is -2.27. The first kappa shape index (κ1) is 17.3. The number of sulfone groups is 1. The van der Waals surface area contributed by atoms with Crippen LogP contribution in [0.15, 0.2) is 24.3 Å². The van der Waals surface area contributed by atoms with Crippen molar-refractivity contribution in [2.75, 3.05) is 29.9 Å². The first-order chi connectivity index (χ1) is 10.9. The highest BCUT2D eigenvalue weighted by atomic mass is 32.2. The number of hydrogen-bond donors (Lipinski definition) is 1. The third-order valence-corrected chi connectivity index (χ3v) is 5.72. The summed E-state index contributed by atoms with van der Waals surface area (Å²) in [6.45, 7) is 2.83. The lowest BCUT2D eigenvalue weighted by molar-refractivity contribution is -0.132. The molecule has 0 saturated carbocycles. The Hall–Kier alpha value is -2.07. The zero-order chi connectivity index (χ0) is 16.9. The molecule has 0 bridgehead atoms. The number of benzene rings is 1. The van der Waals surface area contributed by atoms with Crippen molar-refractivity contribution in [3.63, 3.8) is 0 Å². The van der Waals surface area contributed by atoms with Gasteiger partial charge >= 0.3 is 0 Å². The number of hydrogen-bond acceptors (Lipinski definition) is 5. The molecule has 1 amide bonds. The minimum Gasteiger partial charge on any atom is -0.384 e. The van der Waals surface area contributed by atoms with E-state index in [2.05, 4.69) is 11.4 Å². The molecule has 124 valence electrons. The highest BCUT2D eigenvalue weighted by Gasteiger charge is 2.33. The van der Waals surface area contributed by atoms with Crippen LogP contribution in [-0.4, -0.2) is 49.9 Å². The Bertz CT molecular complexity index is 710. The van der Waals surface area contributed by atoms with Gasteiger partial charge in [-0.3, -0.25) is 4.79 Å². The second-order valence-electron chi connectivity index (χ2n) is 5.61. The van der Waals surface area contributed by atoms with E-state index in [9.17, 15) is 13.2 Å². The Morgan fingerprint density at radius 3 is 2.87 bits per heavy atom. The number of carbonyl (C=O) groups excluding carboxylic acids is 1. The van der Waals surface area contributed by atoms with Gasteiger partial charge in [0.1, 0.15) is 0 Å². The molecule has 6 nitrogen and oxygen atoms in total. The van der Waals surface area contributed by atoms with Gasteiger partial charge in [-0.1, -0.05) is 6.07 Å². The summed E-state index contributed by atoms with van der Waals surface area (Å²) in [5, 5.41) is 12.0. The van der Waals surface area contributed by atoms with Gasteiger partial charge in [0.05, 0.1) is 23.1 Å². The average Bonchev–Trinajstić information content (AvgIpc) is 2.88. The van der Waals surface area contributed by atoms with Crippen LogP contribution in [0.1, 0.15) is 25.3 Å². The van der Waals surface area contributed by atoms with Crippen molar-refractivity contribution in [2.24, 2.45) is 0 Å². The standard InChI is InChI=1S/C16H21N3O3S/c1-2-19(15-7-9-23(21,22)12-15)16(20)6-8-18-14-5-3-4-13(10-14)11-17/h3-5,10,15,18H,2,6-9,12H2,1H3. The zero-order valence-corrected chi connectivity index (χ0v) is 14.0. The number of nitrogens with one attached hydrogen (secondary N) is 1. The number of rotatable bonds is 6. The molecule has 23 heavy (non-hydrogen) atoms. The lowest BCUT2D eigenvalue weighted by Crippen LogP contribution is -2.41. The van der Waals surface area contributed by atoms with Gasteiger partial charge in [-0.2, -0.15) is 5.26 Å². The molecule has 1 aliphatic heterocycles. The van der Waals surface area contributed by atoms with E-state index in [-0.39, 0.29) is 23.5 Å². The normalized spacial score (nSPS) is 19.0. The molecule has 1 unspecified atom stereocenters. The van der Waals surface area contributed by atoms with Crippen molar-refractivity contribution >= 4 is 21.4 Å². The van der Waals surface area contributed by atoms with Crippen molar-refractivity contribution in [2.45, 2.75) is 25.8 Å². The molecule has 1 saturated heterocycles. The number of nitrogens with zero attached hydrogens (tertiary/aromatic N) is 2. The maximum atomic E-state index is 12.3. The molecular weight excluding hydrogens is 314 g/mol. The fourth-order valence-electron chi connectivity index (χ4n) is 2.82. The van der Waals surface area contributed by atoms with Gasteiger partial charge < -0.3 is 10.2 Å². The van der Waals surface area contributed by atoms with Crippen molar-refractivity contribution < 1.29 is 13.2 Å². The molecule has 0 aliphatic carbocycles. The fraction of sp³-hybridized carbons (Fsp3) is 0.500. The van der Waals surface area contributed by atoms with Gasteiger partial charge in [0.2, 0.25) is 5.91 Å². The molecule has 1 N–H and O–H groups in total. The van der Waals surface area contributed by atoms with Crippen LogP contribution in [-0.2, 0) is 14.6 Å². The smallest absolute Gasteiger partial charge is 0.224 e. The molecule has 2 rings (SSSR count). The predicted octanol–water partition coefficient (Wildman–Crippen LogP) is 1.40. The molecule has 0 aromatic heterocycles. The van der Waals surface area contributed by atoms with Gasteiger partial charge in [-0.15, -0.1) is 0 Å². The number of carbonyl (C=O) groups is 1. The van der Waals surface area contributed by atoms with Crippen LogP contribution in [0, 0.1) is 11.3 Å². The molecule has 1 aromatic rings. The first-order valence-corrected chi connectivity index (χ1v) is 9.51. The van der Waals surface area contributed by atoms with Crippen LogP contribution in [0.2, 0.25) is 0 Å². The van der Waals surface area contributed by atoms with Crippen molar-refractivity contribution in [1.82, 2.24) is 4.90 Å². The van der Waals surface area contributed by atoms with E-state index < -0.39 is 9.84 Å². The minimum absolute atomic E-state index is 0.0430. The fourth-order valence-corrected chi connectivity index (χ4v) is 4.55. The van der Waals surface area contributed by atoms with E-state index >= 15 is 0 Å². The summed E-state index contributed by atoms with van der Waals surface area (Å²) in [7, 11) is -3.00. The van der Waals surface area contributed by atoms with E-state index in [4.69, 9.17) is 5.26 Å². The Morgan fingerprint density at radius 2 is 2.26 bits per heavy atom. The average molecular weight is 335 g/mol. The summed E-state index contributed by atoms with van der Waals surface area (Å²) in [4.78, 5) is 14.0. The second-order valence-corrected chi connectivity index (χ2v) is 7.83. The Kier molecular flexibility index (Phi) is 5.61. The monoisotopic (exact) mass is 335 g/mol. The van der Waals surface area contributed by atoms with E-state index in [0.29, 0.717) is 31.5 Å². The van der Waals surface area contributed by atoms with E-state index in [1.54, 1.807) is 23.1 Å². The van der Waals surface area contributed by atoms with Crippen LogP contribution in [0.4, 0.5) is 5.69 Å². The summed E-state index contributed by atoms with van der Waals surface area (Å²) in [6.07, 6.45) is 0.820. The van der Waals surface area contributed by atoms with Crippen LogP contribution in [0.5, 0.6) is 0 Å². The first-order valence-electron chi connectivity index (χ1n) is 7.69. The highest BCUT2D eigenvalue weighted by molar-refractivity contribution is 7.91. The summed E-state index contributed by atoms with van der Waals surface area (Å²) in [5.41, 5.74) is 1.36. The summed E-state index contributed by atoms with van der Waals surface area (Å²) < 4.78 is 23.1. The maximum Gasteiger partial charge on any atom is 0.224 e. The van der Waals surface area contributed by atoms with Gasteiger partial charge in [0, 0.05) is 31.2 Å². The van der Waals surface area contributed by atoms with Crippen LogP contribution < -0.4 is 5.32 Å². The van der Waals surface area contributed by atoms with Crippen LogP contribution in [0.3, 0.4) is 0 Å². The lowest BCUT2D eigenvalue weighted by atomic mass is 10.2. The van der Waals surface area contributed by atoms with Crippen molar-refractivity contribution in [1.29, 1.82) is 5.26 Å². The zero-order valence-electron chi connectivity index (χ0n) is 13.2. The molecule has 0 spiro atoms. The highest BCUT2D eigenvalue weighted by Crippen LogP contribution is 2.18. The van der Waals surface area contributed by atoms with E-state index in [1.165, 1.54) is 0 Å². The van der Waals surface area contributed by atoms with Gasteiger partial charge in [0.25, 0.3) is 0 Å². The summed E-state index contributed by atoms with van der Waals surface area (Å²) >= 11 is 0. The minimum atomic E-state index is -3.00.